The van der Waals surface area contributed by atoms with Gasteiger partial charge in [-0.1, -0.05) is 12.1 Å². The van der Waals surface area contributed by atoms with Gasteiger partial charge in [0.1, 0.15) is 0 Å². The first-order valence-corrected chi connectivity index (χ1v) is 10.9. The first kappa shape index (κ1) is 22.5. The van der Waals surface area contributed by atoms with Gasteiger partial charge < -0.3 is 15.4 Å². The third-order valence-corrected chi connectivity index (χ3v) is 5.64. The van der Waals surface area contributed by atoms with Crippen molar-refractivity contribution in [3.05, 3.63) is 46.7 Å². The highest BCUT2D eigenvalue weighted by atomic mass is 32.2. The third kappa shape index (κ3) is 6.97. The van der Waals surface area contributed by atoms with E-state index in [-0.39, 0.29) is 22.9 Å². The first-order chi connectivity index (χ1) is 13.6. The van der Waals surface area contributed by atoms with E-state index in [9.17, 15) is 22.8 Å². The number of benzene rings is 1. The first-order valence-electron chi connectivity index (χ1n) is 8.50. The summed E-state index contributed by atoms with van der Waals surface area (Å²) in [5, 5.41) is 12.0. The van der Waals surface area contributed by atoms with Crippen molar-refractivity contribution in [2.45, 2.75) is 37.3 Å². The second kappa shape index (κ2) is 9.63. The number of sulfonamides is 1. The normalized spacial score (nSPS) is 13.2. The van der Waals surface area contributed by atoms with Gasteiger partial charge in [0.2, 0.25) is 15.9 Å². The fraction of sp³-hybridized carbons (Fsp3) is 0.278. The molecule has 0 bridgehead atoms. The summed E-state index contributed by atoms with van der Waals surface area (Å²) in [7, 11) is -3.92. The minimum atomic E-state index is -3.92. The topological polar surface area (TPSA) is 145 Å². The van der Waals surface area contributed by atoms with Gasteiger partial charge in [-0.25, -0.2) is 13.6 Å². The van der Waals surface area contributed by atoms with Crippen LogP contribution < -0.4 is 15.8 Å². The molecule has 0 spiro atoms. The highest BCUT2D eigenvalue weighted by Crippen LogP contribution is 2.23. The molecule has 2 rings (SSSR count). The van der Waals surface area contributed by atoms with Crippen molar-refractivity contribution in [2.75, 3.05) is 5.32 Å². The van der Waals surface area contributed by atoms with Gasteiger partial charge in [-0.2, -0.15) is 0 Å². The predicted octanol–water partition coefficient (Wildman–Crippen LogP) is 1.53. The Morgan fingerprint density at radius 1 is 1.21 bits per heavy atom. The molecule has 9 nitrogen and oxygen atoms in total. The number of carbonyl (C=O) groups excluding carboxylic acids is 3. The molecule has 1 aromatic heterocycles. The zero-order valence-electron chi connectivity index (χ0n) is 15.7. The van der Waals surface area contributed by atoms with Crippen LogP contribution in [0.5, 0.6) is 0 Å². The molecule has 11 heteroatoms. The maximum Gasteiger partial charge on any atom is 0.309 e. The predicted molar refractivity (Wildman–Crippen MR) is 107 cm³/mol. The molecule has 2 atom stereocenters. The van der Waals surface area contributed by atoms with Crippen LogP contribution in [0.2, 0.25) is 0 Å². The summed E-state index contributed by atoms with van der Waals surface area (Å²) < 4.78 is 27.9. The number of thiophene rings is 1. The summed E-state index contributed by atoms with van der Waals surface area (Å²) in [4.78, 5) is 36.5. The summed E-state index contributed by atoms with van der Waals surface area (Å²) in [5.41, 5.74) is 0.194. The molecule has 4 N–H and O–H groups in total. The summed E-state index contributed by atoms with van der Waals surface area (Å²) in [5.74, 6) is -1.60. The fourth-order valence-corrected chi connectivity index (χ4v) is 3.76. The fourth-order valence-electron chi connectivity index (χ4n) is 2.42. The third-order valence-electron chi connectivity index (χ3n) is 3.74. The van der Waals surface area contributed by atoms with E-state index in [0.29, 0.717) is 0 Å². The molecule has 0 fully saturated rings. The molecule has 2 unspecified atom stereocenters. The van der Waals surface area contributed by atoms with Crippen LogP contribution >= 0.6 is 11.3 Å². The van der Waals surface area contributed by atoms with Crippen molar-refractivity contribution in [2.24, 2.45) is 5.14 Å². The van der Waals surface area contributed by atoms with Crippen molar-refractivity contribution >= 4 is 44.8 Å². The highest BCUT2D eigenvalue weighted by Gasteiger charge is 2.23. The summed E-state index contributed by atoms with van der Waals surface area (Å²) in [6, 6.07) is 8.42. The zero-order valence-corrected chi connectivity index (χ0v) is 17.4. The number of rotatable bonds is 8. The molecule has 0 radical (unpaired) electrons. The maximum absolute atomic E-state index is 12.3. The quantitative estimate of drug-likeness (QED) is 0.532. The molecule has 1 aromatic carbocycles. The van der Waals surface area contributed by atoms with Crippen molar-refractivity contribution in [3.8, 4) is 0 Å². The lowest BCUT2D eigenvalue weighted by Crippen LogP contribution is -2.32. The highest BCUT2D eigenvalue weighted by molar-refractivity contribution is 7.89. The SMILES string of the molecule is CC(=O)NC(CC(=O)OC(C)C(=O)Nc1cccc(S(N)(=O)=O)c1)c1cccs1. The number of esters is 1. The number of hydrogen-bond donors (Lipinski definition) is 3. The van der Waals surface area contributed by atoms with Crippen LogP contribution in [0, 0.1) is 0 Å². The smallest absolute Gasteiger partial charge is 0.309 e. The number of ether oxygens (including phenoxy) is 1. The molecule has 2 amide bonds. The van der Waals surface area contributed by atoms with Gasteiger partial charge in [0, 0.05) is 17.5 Å². The van der Waals surface area contributed by atoms with E-state index in [1.165, 1.54) is 49.4 Å². The van der Waals surface area contributed by atoms with Crippen LogP contribution in [0.25, 0.3) is 0 Å². The van der Waals surface area contributed by atoms with E-state index < -0.39 is 34.0 Å². The number of anilines is 1. The van der Waals surface area contributed by atoms with E-state index in [1.54, 1.807) is 12.1 Å². The van der Waals surface area contributed by atoms with Crippen LogP contribution in [-0.2, 0) is 29.1 Å². The second-order valence-corrected chi connectivity index (χ2v) is 8.71. The average Bonchev–Trinajstić information content (AvgIpc) is 3.14. The van der Waals surface area contributed by atoms with Crippen molar-refractivity contribution in [1.29, 1.82) is 0 Å². The Bertz CT molecular complexity index is 989. The number of hydrogen-bond acceptors (Lipinski definition) is 7. The number of amides is 2. The molecular weight excluding hydrogens is 418 g/mol. The minimum absolute atomic E-state index is 0.140. The van der Waals surface area contributed by atoms with Gasteiger partial charge >= 0.3 is 5.97 Å². The largest absolute Gasteiger partial charge is 0.452 e. The van der Waals surface area contributed by atoms with Crippen LogP contribution in [-0.4, -0.2) is 32.3 Å². The Hall–Kier alpha value is -2.76. The Balaban J connectivity index is 1.98. The van der Waals surface area contributed by atoms with E-state index in [2.05, 4.69) is 10.6 Å². The van der Waals surface area contributed by atoms with E-state index in [1.807, 2.05) is 5.38 Å². The van der Waals surface area contributed by atoms with Gasteiger partial charge in [-0.05, 0) is 36.6 Å². The second-order valence-electron chi connectivity index (χ2n) is 6.17. The lowest BCUT2D eigenvalue weighted by Gasteiger charge is -2.18. The monoisotopic (exact) mass is 439 g/mol. The van der Waals surface area contributed by atoms with Crippen molar-refractivity contribution in [1.82, 2.24) is 5.32 Å². The van der Waals surface area contributed by atoms with E-state index in [0.717, 1.165) is 4.88 Å². The van der Waals surface area contributed by atoms with Crippen LogP contribution in [0.4, 0.5) is 5.69 Å². The molecule has 1 heterocycles. The van der Waals surface area contributed by atoms with Gasteiger partial charge in [0.15, 0.2) is 6.10 Å². The van der Waals surface area contributed by atoms with Crippen LogP contribution in [0.15, 0.2) is 46.7 Å². The summed E-state index contributed by atoms with van der Waals surface area (Å²) >= 11 is 1.38. The molecule has 2 aromatic rings. The molecule has 0 aliphatic rings. The summed E-state index contributed by atoms with van der Waals surface area (Å²) in [6.45, 7) is 2.73. The van der Waals surface area contributed by atoms with Crippen LogP contribution in [0.1, 0.15) is 31.2 Å². The zero-order chi connectivity index (χ0) is 21.6. The average molecular weight is 440 g/mol. The molecular formula is C18H21N3O6S2. The number of nitrogens with two attached hydrogens (primary N) is 1. The van der Waals surface area contributed by atoms with Crippen molar-refractivity contribution in [3.63, 3.8) is 0 Å². The molecule has 0 aliphatic heterocycles. The number of nitrogens with one attached hydrogen (secondary N) is 2. The van der Waals surface area contributed by atoms with Gasteiger partial charge in [0.05, 0.1) is 17.4 Å². The molecule has 29 heavy (non-hydrogen) atoms. The molecule has 0 saturated carbocycles. The van der Waals surface area contributed by atoms with Gasteiger partial charge in [-0.15, -0.1) is 11.3 Å². The maximum atomic E-state index is 12.3. The number of carbonyl (C=O) groups is 3. The van der Waals surface area contributed by atoms with Crippen molar-refractivity contribution < 1.29 is 27.5 Å². The molecule has 156 valence electrons. The van der Waals surface area contributed by atoms with Gasteiger partial charge in [0.25, 0.3) is 5.91 Å². The molecule has 0 aliphatic carbocycles. The Kier molecular flexibility index (Phi) is 7.48. The minimum Gasteiger partial charge on any atom is -0.452 e. The Morgan fingerprint density at radius 3 is 2.52 bits per heavy atom. The lowest BCUT2D eigenvalue weighted by atomic mass is 10.1. The Morgan fingerprint density at radius 2 is 1.93 bits per heavy atom. The van der Waals surface area contributed by atoms with E-state index >= 15 is 0 Å². The lowest BCUT2D eigenvalue weighted by molar-refractivity contribution is -0.153. The Labute approximate surface area is 172 Å². The van der Waals surface area contributed by atoms with E-state index in [4.69, 9.17) is 9.88 Å². The summed E-state index contributed by atoms with van der Waals surface area (Å²) in [6.07, 6.45) is -1.28. The standard InChI is InChI=1S/C18H21N3O6S2/c1-11(18(24)21-13-5-3-6-14(9-13)29(19,25)26)27-17(23)10-15(20-12(2)22)16-7-4-8-28-16/h3-9,11,15H,10H2,1-2H3,(H,20,22)(H,21,24)(H2,19,25,26). The van der Waals surface area contributed by atoms with Gasteiger partial charge in [-0.3, -0.25) is 14.4 Å². The molecule has 0 saturated heterocycles. The number of primary sulfonamides is 1. The van der Waals surface area contributed by atoms with Crippen LogP contribution in [0.3, 0.4) is 0 Å².